The maximum Gasteiger partial charge on any atom is 0.325 e. The van der Waals surface area contributed by atoms with E-state index < -0.39 is 18.1 Å². The molecule has 1 heterocycles. The lowest BCUT2D eigenvalue weighted by Gasteiger charge is -2.36. The number of methoxy groups -OCH3 is 1. The molecule has 0 aliphatic carbocycles. The zero-order valence-electron chi connectivity index (χ0n) is 11.8. The van der Waals surface area contributed by atoms with Gasteiger partial charge in [0.25, 0.3) is 0 Å². The van der Waals surface area contributed by atoms with Gasteiger partial charge < -0.3 is 14.7 Å². The van der Waals surface area contributed by atoms with Crippen LogP contribution in [0.25, 0.3) is 0 Å². The van der Waals surface area contributed by atoms with Crippen molar-refractivity contribution in [1.82, 2.24) is 10.2 Å². The van der Waals surface area contributed by atoms with Crippen molar-refractivity contribution >= 4 is 5.97 Å². The van der Waals surface area contributed by atoms with Gasteiger partial charge in [0.1, 0.15) is 6.04 Å². The number of carbonyl (C=O) groups is 1. The van der Waals surface area contributed by atoms with Crippen LogP contribution in [0.2, 0.25) is 0 Å². The highest BCUT2D eigenvalue weighted by Crippen LogP contribution is 2.14. The summed E-state index contributed by atoms with van der Waals surface area (Å²) in [4.78, 5) is 14.0. The normalized spacial score (nSPS) is 21.9. The van der Waals surface area contributed by atoms with Crippen LogP contribution in [0.15, 0.2) is 0 Å². The Kier molecular flexibility index (Phi) is 6.05. The van der Waals surface area contributed by atoms with Crippen molar-refractivity contribution in [3.05, 3.63) is 0 Å². The number of hydrogen-bond donors (Lipinski definition) is 2. The Labute approximate surface area is 109 Å². The van der Waals surface area contributed by atoms with E-state index in [1.807, 2.05) is 0 Å². The molecule has 0 aromatic heterocycles. The summed E-state index contributed by atoms with van der Waals surface area (Å²) in [5.41, 5.74) is 0. The smallest absolute Gasteiger partial charge is 0.325 e. The van der Waals surface area contributed by atoms with Crippen molar-refractivity contribution in [3.63, 3.8) is 0 Å². The third-order valence-corrected chi connectivity index (χ3v) is 3.61. The summed E-state index contributed by atoms with van der Waals surface area (Å²) in [6, 6.07) is 0.225. The van der Waals surface area contributed by atoms with Crippen LogP contribution in [0.1, 0.15) is 33.6 Å². The topological polar surface area (TPSA) is 61.8 Å². The van der Waals surface area contributed by atoms with Crippen LogP contribution in [0.5, 0.6) is 0 Å². The Hall–Kier alpha value is -0.650. The quantitative estimate of drug-likeness (QED) is 0.698. The van der Waals surface area contributed by atoms with Crippen LogP contribution in [-0.2, 0) is 9.53 Å². The molecule has 1 rings (SSSR count). The monoisotopic (exact) mass is 258 g/mol. The molecule has 0 bridgehead atoms. The molecule has 2 atom stereocenters. The standard InChI is InChI=1S/C13H26N2O3/c1-9(2)15-7-5-11(6-8-15)14-12(10(3)16)13(17)18-4/h9-12,14,16H,5-8H2,1-4H3/t10-,12+/m0/s1. The van der Waals surface area contributed by atoms with Gasteiger partial charge in [-0.25, -0.2) is 0 Å². The molecule has 18 heavy (non-hydrogen) atoms. The molecule has 2 N–H and O–H groups in total. The molecule has 1 fully saturated rings. The van der Waals surface area contributed by atoms with Crippen LogP contribution >= 0.6 is 0 Å². The van der Waals surface area contributed by atoms with Gasteiger partial charge in [0.05, 0.1) is 13.2 Å². The number of piperidine rings is 1. The second-order valence-corrected chi connectivity index (χ2v) is 5.31. The number of likely N-dealkylation sites (tertiary alicyclic amines) is 1. The minimum Gasteiger partial charge on any atom is -0.468 e. The summed E-state index contributed by atoms with van der Waals surface area (Å²) in [7, 11) is 1.35. The Bertz CT molecular complexity index is 261. The molecule has 0 unspecified atom stereocenters. The second-order valence-electron chi connectivity index (χ2n) is 5.31. The fourth-order valence-electron chi connectivity index (χ4n) is 2.37. The minimum absolute atomic E-state index is 0.277. The number of hydrogen-bond acceptors (Lipinski definition) is 5. The minimum atomic E-state index is -0.736. The maximum atomic E-state index is 11.5. The molecule has 5 heteroatoms. The van der Waals surface area contributed by atoms with Crippen molar-refractivity contribution in [3.8, 4) is 0 Å². The third-order valence-electron chi connectivity index (χ3n) is 3.61. The number of carbonyl (C=O) groups excluding carboxylic acids is 1. The zero-order valence-corrected chi connectivity index (χ0v) is 11.8. The van der Waals surface area contributed by atoms with E-state index in [4.69, 9.17) is 4.74 Å². The molecule has 1 aliphatic rings. The molecule has 0 amide bonds. The molecule has 106 valence electrons. The van der Waals surface area contributed by atoms with Crippen molar-refractivity contribution < 1.29 is 14.6 Å². The van der Waals surface area contributed by atoms with E-state index in [0.29, 0.717) is 6.04 Å². The average molecular weight is 258 g/mol. The van der Waals surface area contributed by atoms with Gasteiger partial charge in [0, 0.05) is 12.1 Å². The first-order chi connectivity index (χ1) is 8.45. The Morgan fingerprint density at radius 3 is 2.28 bits per heavy atom. The van der Waals surface area contributed by atoms with Gasteiger partial charge in [0.2, 0.25) is 0 Å². The number of esters is 1. The van der Waals surface area contributed by atoms with Crippen LogP contribution in [0.3, 0.4) is 0 Å². The molecular weight excluding hydrogens is 232 g/mol. The summed E-state index contributed by atoms with van der Waals surface area (Å²) < 4.78 is 4.70. The Morgan fingerprint density at radius 1 is 1.33 bits per heavy atom. The predicted octanol–water partition coefficient (Wildman–Crippen LogP) is 0.371. The number of ether oxygens (including phenoxy) is 1. The number of aliphatic hydroxyl groups is 1. The first kappa shape index (κ1) is 15.4. The van der Waals surface area contributed by atoms with Crippen molar-refractivity contribution in [1.29, 1.82) is 0 Å². The summed E-state index contributed by atoms with van der Waals surface area (Å²) >= 11 is 0. The van der Waals surface area contributed by atoms with E-state index in [9.17, 15) is 9.90 Å². The third kappa shape index (κ3) is 4.23. The van der Waals surface area contributed by atoms with Gasteiger partial charge in [-0.2, -0.15) is 0 Å². The average Bonchev–Trinajstić information content (AvgIpc) is 2.35. The molecule has 1 aliphatic heterocycles. The molecule has 0 aromatic rings. The van der Waals surface area contributed by atoms with Crippen molar-refractivity contribution in [2.75, 3.05) is 20.2 Å². The number of aliphatic hydroxyl groups excluding tert-OH is 1. The summed E-state index contributed by atoms with van der Waals surface area (Å²) in [6.45, 7) is 8.06. The molecule has 1 saturated heterocycles. The van der Waals surface area contributed by atoms with Gasteiger partial charge in [-0.15, -0.1) is 0 Å². The van der Waals surface area contributed by atoms with Crippen LogP contribution in [0, 0.1) is 0 Å². The van der Waals surface area contributed by atoms with E-state index in [0.717, 1.165) is 25.9 Å². The SMILES string of the molecule is COC(=O)[C@H](NC1CCN(C(C)C)CC1)[C@H](C)O. The van der Waals surface area contributed by atoms with Crippen LogP contribution in [0.4, 0.5) is 0 Å². The first-order valence-corrected chi connectivity index (χ1v) is 6.71. The Morgan fingerprint density at radius 2 is 1.89 bits per heavy atom. The van der Waals surface area contributed by atoms with E-state index in [1.165, 1.54) is 7.11 Å². The van der Waals surface area contributed by atoms with Crippen LogP contribution in [-0.4, -0.2) is 60.4 Å². The largest absolute Gasteiger partial charge is 0.468 e. The first-order valence-electron chi connectivity index (χ1n) is 6.71. The second kappa shape index (κ2) is 7.07. The van der Waals surface area contributed by atoms with Crippen molar-refractivity contribution in [2.24, 2.45) is 0 Å². The molecule has 0 aromatic carbocycles. The lowest BCUT2D eigenvalue weighted by Crippen LogP contribution is -2.53. The summed E-state index contributed by atoms with van der Waals surface area (Å²) in [5, 5.41) is 12.8. The zero-order chi connectivity index (χ0) is 13.7. The highest BCUT2D eigenvalue weighted by Gasteiger charge is 2.29. The molecule has 0 saturated carbocycles. The lowest BCUT2D eigenvalue weighted by atomic mass is 10.0. The fourth-order valence-corrected chi connectivity index (χ4v) is 2.37. The van der Waals surface area contributed by atoms with Gasteiger partial charge in [-0.05, 0) is 46.7 Å². The lowest BCUT2D eigenvalue weighted by molar-refractivity contribution is -0.146. The molecule has 0 radical (unpaired) electrons. The number of nitrogens with zero attached hydrogens (tertiary/aromatic N) is 1. The van der Waals surface area contributed by atoms with Crippen molar-refractivity contribution in [2.45, 2.75) is 57.8 Å². The summed E-state index contributed by atoms with van der Waals surface area (Å²) in [5.74, 6) is -0.392. The van der Waals surface area contributed by atoms with E-state index in [1.54, 1.807) is 6.92 Å². The maximum absolute atomic E-state index is 11.5. The number of rotatable bonds is 5. The van der Waals surface area contributed by atoms with Gasteiger partial charge in [0.15, 0.2) is 0 Å². The summed E-state index contributed by atoms with van der Waals surface area (Å²) in [6.07, 6.45) is 1.26. The van der Waals surface area contributed by atoms with Gasteiger partial charge in [-0.1, -0.05) is 0 Å². The Balaban J connectivity index is 2.45. The highest BCUT2D eigenvalue weighted by molar-refractivity contribution is 5.76. The molecular formula is C13H26N2O3. The van der Waals surface area contributed by atoms with Crippen LogP contribution < -0.4 is 5.32 Å². The van der Waals surface area contributed by atoms with E-state index >= 15 is 0 Å². The van der Waals surface area contributed by atoms with E-state index in [2.05, 4.69) is 24.1 Å². The fraction of sp³-hybridized carbons (Fsp3) is 0.923. The predicted molar refractivity (Wildman–Crippen MR) is 70.4 cm³/mol. The molecule has 5 nitrogen and oxygen atoms in total. The molecule has 0 spiro atoms. The highest BCUT2D eigenvalue weighted by atomic mass is 16.5. The van der Waals surface area contributed by atoms with Gasteiger partial charge in [-0.3, -0.25) is 10.1 Å². The number of nitrogens with one attached hydrogen (secondary N) is 1. The van der Waals surface area contributed by atoms with E-state index in [-0.39, 0.29) is 6.04 Å². The van der Waals surface area contributed by atoms with Gasteiger partial charge >= 0.3 is 5.97 Å².